The summed E-state index contributed by atoms with van der Waals surface area (Å²) in [4.78, 5) is 0. The third-order valence-electron chi connectivity index (χ3n) is 2.38. The molecule has 1 rings (SSSR count). The van der Waals surface area contributed by atoms with Crippen molar-refractivity contribution in [1.82, 2.24) is 0 Å². The highest BCUT2D eigenvalue weighted by molar-refractivity contribution is 9.10. The Kier molecular flexibility index (Phi) is 7.27. The SMILES string of the molecule is C=CCC[C@@H](N)c1cc(OC)cc(Br)c1O.Cl. The molecule has 3 nitrogen and oxygen atoms in total. The molecule has 0 aliphatic carbocycles. The van der Waals surface area contributed by atoms with Gasteiger partial charge in [-0.2, -0.15) is 0 Å². The number of halogens is 2. The zero-order valence-electron chi connectivity index (χ0n) is 9.65. The second kappa shape index (κ2) is 7.58. The normalized spacial score (nSPS) is 11.5. The fourth-order valence-electron chi connectivity index (χ4n) is 1.45. The van der Waals surface area contributed by atoms with Crippen molar-refractivity contribution in [2.24, 2.45) is 5.73 Å². The van der Waals surface area contributed by atoms with Gasteiger partial charge in [0, 0.05) is 11.6 Å². The molecule has 0 aromatic heterocycles. The molecule has 0 aliphatic rings. The maximum atomic E-state index is 9.88. The van der Waals surface area contributed by atoms with Crippen molar-refractivity contribution in [3.8, 4) is 11.5 Å². The molecule has 1 atom stereocenters. The van der Waals surface area contributed by atoms with Crippen LogP contribution in [0.5, 0.6) is 11.5 Å². The largest absolute Gasteiger partial charge is 0.506 e. The van der Waals surface area contributed by atoms with E-state index in [9.17, 15) is 5.11 Å². The molecular formula is C12H17BrClNO2. The summed E-state index contributed by atoms with van der Waals surface area (Å²) in [5, 5.41) is 9.88. The number of hydrogen-bond acceptors (Lipinski definition) is 3. The average Bonchev–Trinajstić information content (AvgIpc) is 2.29. The van der Waals surface area contributed by atoms with Gasteiger partial charge in [-0.15, -0.1) is 19.0 Å². The second-order valence-corrected chi connectivity index (χ2v) is 4.37. The van der Waals surface area contributed by atoms with Crippen molar-refractivity contribution in [2.75, 3.05) is 7.11 Å². The zero-order valence-corrected chi connectivity index (χ0v) is 12.1. The van der Waals surface area contributed by atoms with Crippen LogP contribution < -0.4 is 10.5 Å². The average molecular weight is 323 g/mol. The minimum atomic E-state index is -0.218. The minimum absolute atomic E-state index is 0. The van der Waals surface area contributed by atoms with Crippen LogP contribution in [0.15, 0.2) is 29.3 Å². The molecule has 0 heterocycles. The summed E-state index contributed by atoms with van der Waals surface area (Å²) in [5.74, 6) is 0.853. The van der Waals surface area contributed by atoms with Crippen molar-refractivity contribution in [1.29, 1.82) is 0 Å². The summed E-state index contributed by atoms with van der Waals surface area (Å²) < 4.78 is 5.72. The first-order chi connectivity index (χ1) is 7.60. The van der Waals surface area contributed by atoms with Crippen LogP contribution in [-0.2, 0) is 0 Å². The monoisotopic (exact) mass is 321 g/mol. The standard InChI is InChI=1S/C12H16BrNO2.ClH/c1-3-4-5-11(14)9-6-8(16-2)7-10(13)12(9)15;/h3,6-7,11,15H,1,4-5,14H2,2H3;1H/t11-;/m1./s1. The van der Waals surface area contributed by atoms with Gasteiger partial charge in [-0.25, -0.2) is 0 Å². The topological polar surface area (TPSA) is 55.5 Å². The number of nitrogens with two attached hydrogens (primary N) is 1. The lowest BCUT2D eigenvalue weighted by molar-refractivity contribution is 0.407. The molecule has 0 saturated carbocycles. The summed E-state index contributed by atoms with van der Waals surface area (Å²) in [7, 11) is 1.58. The molecule has 0 unspecified atom stereocenters. The molecule has 0 radical (unpaired) electrons. The lowest BCUT2D eigenvalue weighted by atomic mass is 10.0. The number of aromatic hydroxyl groups is 1. The number of phenols is 1. The van der Waals surface area contributed by atoms with Gasteiger partial charge in [-0.1, -0.05) is 6.08 Å². The van der Waals surface area contributed by atoms with Crippen LogP contribution in [0.1, 0.15) is 24.4 Å². The Hall–Kier alpha value is -0.710. The Labute approximate surface area is 116 Å². The first-order valence-corrected chi connectivity index (χ1v) is 5.82. The number of benzene rings is 1. The number of methoxy groups -OCH3 is 1. The van der Waals surface area contributed by atoms with Gasteiger partial charge in [-0.3, -0.25) is 0 Å². The summed E-state index contributed by atoms with van der Waals surface area (Å²) in [6.07, 6.45) is 3.37. The van der Waals surface area contributed by atoms with Crippen LogP contribution in [0.2, 0.25) is 0 Å². The Bertz CT molecular complexity index is 385. The van der Waals surface area contributed by atoms with Gasteiger partial charge < -0.3 is 15.6 Å². The Morgan fingerprint density at radius 3 is 2.76 bits per heavy atom. The molecule has 96 valence electrons. The van der Waals surface area contributed by atoms with Gasteiger partial charge in [-0.05, 0) is 40.9 Å². The minimum Gasteiger partial charge on any atom is -0.506 e. The molecule has 0 fully saturated rings. The number of allylic oxidation sites excluding steroid dienone is 1. The summed E-state index contributed by atoms with van der Waals surface area (Å²) in [6, 6.07) is 3.25. The van der Waals surface area contributed by atoms with E-state index in [-0.39, 0.29) is 24.2 Å². The summed E-state index contributed by atoms with van der Waals surface area (Å²) >= 11 is 3.27. The van der Waals surface area contributed by atoms with E-state index >= 15 is 0 Å². The first-order valence-electron chi connectivity index (χ1n) is 5.03. The van der Waals surface area contributed by atoms with Gasteiger partial charge in [0.25, 0.3) is 0 Å². The Balaban J connectivity index is 0.00000256. The van der Waals surface area contributed by atoms with Crippen LogP contribution in [0, 0.1) is 0 Å². The quantitative estimate of drug-likeness (QED) is 0.815. The van der Waals surface area contributed by atoms with Gasteiger partial charge >= 0.3 is 0 Å². The van der Waals surface area contributed by atoms with Crippen LogP contribution in [0.25, 0.3) is 0 Å². The highest BCUT2D eigenvalue weighted by Crippen LogP contribution is 2.36. The molecule has 0 aliphatic heterocycles. The Morgan fingerprint density at radius 1 is 1.59 bits per heavy atom. The zero-order chi connectivity index (χ0) is 12.1. The molecule has 0 spiro atoms. The van der Waals surface area contributed by atoms with Crippen molar-refractivity contribution in [3.63, 3.8) is 0 Å². The molecule has 0 amide bonds. The summed E-state index contributed by atoms with van der Waals surface area (Å²) in [6.45, 7) is 3.65. The second-order valence-electron chi connectivity index (χ2n) is 3.52. The van der Waals surface area contributed by atoms with E-state index in [2.05, 4.69) is 22.5 Å². The molecule has 5 heteroatoms. The van der Waals surface area contributed by atoms with Gasteiger partial charge in [0.15, 0.2) is 0 Å². The lowest BCUT2D eigenvalue weighted by Crippen LogP contribution is -2.10. The number of phenolic OH excluding ortho intramolecular Hbond substituents is 1. The van der Waals surface area contributed by atoms with E-state index in [4.69, 9.17) is 10.5 Å². The maximum Gasteiger partial charge on any atom is 0.134 e. The van der Waals surface area contributed by atoms with Crippen LogP contribution in [0.4, 0.5) is 0 Å². The van der Waals surface area contributed by atoms with Crippen molar-refractivity contribution in [3.05, 3.63) is 34.8 Å². The van der Waals surface area contributed by atoms with Gasteiger partial charge in [0.2, 0.25) is 0 Å². The molecule has 1 aromatic carbocycles. The fourth-order valence-corrected chi connectivity index (χ4v) is 1.90. The lowest BCUT2D eigenvalue weighted by Gasteiger charge is -2.15. The van der Waals surface area contributed by atoms with Gasteiger partial charge in [0.1, 0.15) is 11.5 Å². The van der Waals surface area contributed by atoms with Gasteiger partial charge in [0.05, 0.1) is 11.6 Å². The van der Waals surface area contributed by atoms with Crippen LogP contribution in [0.3, 0.4) is 0 Å². The van der Waals surface area contributed by atoms with Crippen molar-refractivity contribution < 1.29 is 9.84 Å². The smallest absolute Gasteiger partial charge is 0.134 e. The van der Waals surface area contributed by atoms with E-state index in [1.165, 1.54) is 0 Å². The van der Waals surface area contributed by atoms with Crippen LogP contribution in [-0.4, -0.2) is 12.2 Å². The van der Waals surface area contributed by atoms with E-state index in [0.717, 1.165) is 12.8 Å². The third kappa shape index (κ3) is 4.22. The first kappa shape index (κ1) is 16.3. The number of hydrogen-bond donors (Lipinski definition) is 2. The fraction of sp³-hybridized carbons (Fsp3) is 0.333. The van der Waals surface area contributed by atoms with Crippen LogP contribution >= 0.6 is 28.3 Å². The number of rotatable bonds is 5. The predicted molar refractivity (Wildman–Crippen MR) is 76.0 cm³/mol. The maximum absolute atomic E-state index is 9.88. The molecule has 1 aromatic rings. The molecule has 17 heavy (non-hydrogen) atoms. The number of ether oxygens (including phenoxy) is 1. The highest BCUT2D eigenvalue weighted by Gasteiger charge is 2.14. The van der Waals surface area contributed by atoms with E-state index in [1.54, 1.807) is 19.2 Å². The molecule has 0 bridgehead atoms. The van der Waals surface area contributed by atoms with E-state index < -0.39 is 0 Å². The highest BCUT2D eigenvalue weighted by atomic mass is 79.9. The summed E-state index contributed by atoms with van der Waals surface area (Å²) in [5.41, 5.74) is 6.68. The molecular weight excluding hydrogens is 305 g/mol. The van der Waals surface area contributed by atoms with Crippen molar-refractivity contribution in [2.45, 2.75) is 18.9 Å². The van der Waals surface area contributed by atoms with E-state index in [1.807, 2.05) is 6.08 Å². The Morgan fingerprint density at radius 2 is 2.24 bits per heavy atom. The molecule has 0 saturated heterocycles. The molecule has 3 N–H and O–H groups in total. The van der Waals surface area contributed by atoms with E-state index in [0.29, 0.717) is 15.8 Å². The third-order valence-corrected chi connectivity index (χ3v) is 2.99. The van der Waals surface area contributed by atoms with Crippen molar-refractivity contribution >= 4 is 28.3 Å². The predicted octanol–water partition coefficient (Wildman–Crippen LogP) is 3.55.